The van der Waals surface area contributed by atoms with Gasteiger partial charge in [-0.2, -0.15) is 0 Å². The fraction of sp³-hybridized carbons (Fsp3) is 0.0714. The first-order chi connectivity index (χ1) is 7.77. The molecular formula is C14H14N2. The molecule has 2 nitrogen and oxygen atoms in total. The highest BCUT2D eigenvalue weighted by Gasteiger charge is 2.07. The fourth-order valence-electron chi connectivity index (χ4n) is 1.52. The van der Waals surface area contributed by atoms with Crippen molar-refractivity contribution in [3.63, 3.8) is 0 Å². The van der Waals surface area contributed by atoms with E-state index in [1.54, 1.807) is 0 Å². The summed E-state index contributed by atoms with van der Waals surface area (Å²) in [5.41, 5.74) is 1.85. The summed E-state index contributed by atoms with van der Waals surface area (Å²) in [6, 6.07) is 10.1. The molecule has 80 valence electrons. The summed E-state index contributed by atoms with van der Waals surface area (Å²) in [5, 5.41) is 0. The maximum Gasteiger partial charge on any atom is 0.140 e. The van der Waals surface area contributed by atoms with E-state index in [9.17, 15) is 0 Å². The molecule has 1 heterocycles. The standard InChI is InChI=1S/C14H14N2/c1-12-8-6-7-11-16(2)14(15-12)13-9-4-3-5-10-13/h3-11H,1H2,2H3/b8-6-,11-7?,15-14?. The summed E-state index contributed by atoms with van der Waals surface area (Å²) in [5.74, 6) is 0.909. The van der Waals surface area contributed by atoms with Crippen LogP contribution >= 0.6 is 0 Å². The summed E-state index contributed by atoms with van der Waals surface area (Å²) < 4.78 is 0. The van der Waals surface area contributed by atoms with Gasteiger partial charge in [0.15, 0.2) is 0 Å². The lowest BCUT2D eigenvalue weighted by molar-refractivity contribution is 0.687. The van der Waals surface area contributed by atoms with E-state index in [-0.39, 0.29) is 0 Å². The molecule has 0 amide bonds. The molecule has 1 aliphatic rings. The molecule has 0 aromatic heterocycles. The van der Waals surface area contributed by atoms with Gasteiger partial charge in [-0.15, -0.1) is 0 Å². The monoisotopic (exact) mass is 210 g/mol. The molecule has 0 spiro atoms. The molecule has 0 saturated heterocycles. The van der Waals surface area contributed by atoms with E-state index in [0.717, 1.165) is 17.1 Å². The molecule has 0 atom stereocenters. The molecule has 0 radical (unpaired) electrons. The Morgan fingerprint density at radius 1 is 1.12 bits per heavy atom. The Labute approximate surface area is 95.9 Å². The van der Waals surface area contributed by atoms with Crippen molar-refractivity contribution in [2.24, 2.45) is 4.99 Å². The molecule has 2 rings (SSSR count). The third-order valence-electron chi connectivity index (χ3n) is 2.32. The number of allylic oxidation sites excluding steroid dienone is 3. The average Bonchev–Trinajstić information content (AvgIpc) is 2.30. The third kappa shape index (κ3) is 2.28. The minimum atomic E-state index is 0.759. The SMILES string of the molecule is C=C1/C=C\C=CN(C)C(c2ccccc2)=N1. The molecule has 1 aromatic carbocycles. The van der Waals surface area contributed by atoms with Crippen molar-refractivity contribution in [3.8, 4) is 0 Å². The maximum absolute atomic E-state index is 4.50. The van der Waals surface area contributed by atoms with Crippen LogP contribution in [-0.2, 0) is 0 Å². The Bertz CT molecular complexity index is 467. The van der Waals surface area contributed by atoms with Crippen LogP contribution < -0.4 is 0 Å². The molecule has 1 aliphatic heterocycles. The van der Waals surface area contributed by atoms with Crippen LogP contribution in [0.1, 0.15) is 5.56 Å². The minimum absolute atomic E-state index is 0.759. The van der Waals surface area contributed by atoms with E-state index in [0.29, 0.717) is 0 Å². The van der Waals surface area contributed by atoms with Crippen LogP contribution in [0.2, 0.25) is 0 Å². The Hall–Kier alpha value is -2.09. The molecule has 0 fully saturated rings. The van der Waals surface area contributed by atoms with Crippen molar-refractivity contribution in [2.45, 2.75) is 0 Å². The predicted molar refractivity (Wildman–Crippen MR) is 68.2 cm³/mol. The van der Waals surface area contributed by atoms with Gasteiger partial charge >= 0.3 is 0 Å². The summed E-state index contributed by atoms with van der Waals surface area (Å²) >= 11 is 0. The number of nitrogens with zero attached hydrogens (tertiary/aromatic N) is 2. The van der Waals surface area contributed by atoms with Gasteiger partial charge in [0.1, 0.15) is 5.84 Å². The molecule has 2 heteroatoms. The smallest absolute Gasteiger partial charge is 0.140 e. The number of benzene rings is 1. The average molecular weight is 210 g/mol. The van der Waals surface area contributed by atoms with Gasteiger partial charge in [0.25, 0.3) is 0 Å². The fourth-order valence-corrected chi connectivity index (χ4v) is 1.52. The zero-order valence-electron chi connectivity index (χ0n) is 9.30. The van der Waals surface area contributed by atoms with Crippen molar-refractivity contribution in [1.82, 2.24) is 4.90 Å². The first kappa shape index (κ1) is 10.4. The summed E-state index contributed by atoms with van der Waals surface area (Å²) in [6.45, 7) is 3.89. The van der Waals surface area contributed by atoms with Crippen LogP contribution in [-0.4, -0.2) is 17.8 Å². The van der Waals surface area contributed by atoms with E-state index in [4.69, 9.17) is 0 Å². The van der Waals surface area contributed by atoms with E-state index in [1.165, 1.54) is 0 Å². The first-order valence-electron chi connectivity index (χ1n) is 5.18. The second kappa shape index (κ2) is 4.62. The van der Waals surface area contributed by atoms with Gasteiger partial charge in [-0.1, -0.05) is 43.0 Å². The second-order valence-electron chi connectivity index (χ2n) is 3.60. The third-order valence-corrected chi connectivity index (χ3v) is 2.32. The molecule has 0 aliphatic carbocycles. The number of hydrogen-bond acceptors (Lipinski definition) is 2. The van der Waals surface area contributed by atoms with E-state index in [1.807, 2.05) is 66.7 Å². The van der Waals surface area contributed by atoms with Crippen LogP contribution in [0, 0.1) is 0 Å². The molecule has 0 bridgehead atoms. The number of amidine groups is 1. The molecule has 0 N–H and O–H groups in total. The lowest BCUT2D eigenvalue weighted by atomic mass is 10.2. The van der Waals surface area contributed by atoms with E-state index in [2.05, 4.69) is 11.6 Å². The van der Waals surface area contributed by atoms with Gasteiger partial charge in [-0.25, -0.2) is 4.99 Å². The van der Waals surface area contributed by atoms with Crippen molar-refractivity contribution in [1.29, 1.82) is 0 Å². The number of rotatable bonds is 1. The lowest BCUT2D eigenvalue weighted by Crippen LogP contribution is -2.22. The number of hydrogen-bond donors (Lipinski definition) is 0. The van der Waals surface area contributed by atoms with Crippen molar-refractivity contribution in [2.75, 3.05) is 7.05 Å². The zero-order valence-corrected chi connectivity index (χ0v) is 9.30. The summed E-state index contributed by atoms with van der Waals surface area (Å²) in [7, 11) is 1.98. The molecule has 0 saturated carbocycles. The Kier molecular flexibility index (Phi) is 3.01. The maximum atomic E-state index is 4.50. The van der Waals surface area contributed by atoms with Crippen LogP contribution in [0.5, 0.6) is 0 Å². The number of aliphatic imine (C=N–C) groups is 1. The Balaban J connectivity index is 2.45. The van der Waals surface area contributed by atoms with Crippen LogP contribution in [0.15, 0.2) is 72.0 Å². The topological polar surface area (TPSA) is 15.6 Å². The van der Waals surface area contributed by atoms with E-state index >= 15 is 0 Å². The largest absolute Gasteiger partial charge is 0.336 e. The van der Waals surface area contributed by atoms with Crippen LogP contribution in [0.4, 0.5) is 0 Å². The molecular weight excluding hydrogens is 196 g/mol. The van der Waals surface area contributed by atoms with Gasteiger partial charge in [0.05, 0.1) is 5.70 Å². The Morgan fingerprint density at radius 3 is 2.62 bits per heavy atom. The molecule has 16 heavy (non-hydrogen) atoms. The Morgan fingerprint density at radius 2 is 1.88 bits per heavy atom. The highest BCUT2D eigenvalue weighted by Crippen LogP contribution is 2.10. The van der Waals surface area contributed by atoms with Gasteiger partial charge in [0, 0.05) is 18.8 Å². The highest BCUT2D eigenvalue weighted by atomic mass is 15.1. The van der Waals surface area contributed by atoms with Crippen molar-refractivity contribution in [3.05, 3.63) is 72.6 Å². The normalized spacial score (nSPS) is 17.7. The zero-order chi connectivity index (χ0) is 11.4. The summed E-state index contributed by atoms with van der Waals surface area (Å²) in [6.07, 6.45) is 7.79. The van der Waals surface area contributed by atoms with Crippen LogP contribution in [0.25, 0.3) is 0 Å². The minimum Gasteiger partial charge on any atom is -0.336 e. The molecule has 0 unspecified atom stereocenters. The molecule has 1 aromatic rings. The van der Waals surface area contributed by atoms with Gasteiger partial charge in [0.2, 0.25) is 0 Å². The second-order valence-corrected chi connectivity index (χ2v) is 3.60. The van der Waals surface area contributed by atoms with Gasteiger partial charge in [-0.3, -0.25) is 0 Å². The van der Waals surface area contributed by atoms with Crippen LogP contribution in [0.3, 0.4) is 0 Å². The van der Waals surface area contributed by atoms with Gasteiger partial charge in [-0.05, 0) is 12.2 Å². The van der Waals surface area contributed by atoms with E-state index < -0.39 is 0 Å². The highest BCUT2D eigenvalue weighted by molar-refractivity contribution is 6.00. The lowest BCUT2D eigenvalue weighted by Gasteiger charge is -2.18. The first-order valence-corrected chi connectivity index (χ1v) is 5.18. The predicted octanol–water partition coefficient (Wildman–Crippen LogP) is 2.96. The quantitative estimate of drug-likeness (QED) is 0.695. The summed E-state index contributed by atoms with van der Waals surface area (Å²) in [4.78, 5) is 6.49. The van der Waals surface area contributed by atoms with Crippen molar-refractivity contribution < 1.29 is 0 Å². The van der Waals surface area contributed by atoms with Gasteiger partial charge < -0.3 is 4.90 Å². The van der Waals surface area contributed by atoms with Crippen molar-refractivity contribution >= 4 is 5.84 Å².